The Morgan fingerprint density at radius 1 is 1.26 bits per heavy atom. The van der Waals surface area contributed by atoms with Crippen molar-refractivity contribution >= 4 is 29.6 Å². The van der Waals surface area contributed by atoms with Crippen LogP contribution < -0.4 is 21.9 Å². The third-order valence-electron chi connectivity index (χ3n) is 3.52. The number of nitrogens with one attached hydrogen (secondary N) is 3. The van der Waals surface area contributed by atoms with Crippen molar-refractivity contribution in [1.29, 1.82) is 0 Å². The van der Waals surface area contributed by atoms with Crippen molar-refractivity contribution in [3.8, 4) is 5.69 Å². The van der Waals surface area contributed by atoms with Crippen LogP contribution in [0.4, 0.5) is 9.18 Å². The summed E-state index contributed by atoms with van der Waals surface area (Å²) < 4.78 is 14.5. The Morgan fingerprint density at radius 2 is 1.96 bits per heavy atom. The van der Waals surface area contributed by atoms with Crippen LogP contribution in [0.15, 0.2) is 36.8 Å². The number of hydrazine groups is 1. The minimum atomic E-state index is -0.878. The molecule has 0 saturated heterocycles. The highest BCUT2D eigenvalue weighted by molar-refractivity contribution is 7.98. The molecule has 0 bridgehead atoms. The summed E-state index contributed by atoms with van der Waals surface area (Å²) in [7, 11) is 0. The van der Waals surface area contributed by atoms with Gasteiger partial charge in [0.25, 0.3) is 11.8 Å². The van der Waals surface area contributed by atoms with Gasteiger partial charge in [-0.15, -0.1) is 0 Å². The van der Waals surface area contributed by atoms with Gasteiger partial charge in [0.05, 0.1) is 12.5 Å². The second-order valence-corrected chi connectivity index (χ2v) is 6.40. The van der Waals surface area contributed by atoms with Gasteiger partial charge >= 0.3 is 6.03 Å². The van der Waals surface area contributed by atoms with Gasteiger partial charge in [0.2, 0.25) is 0 Å². The predicted octanol–water partition coefficient (Wildman–Crippen LogP) is 0.562. The van der Waals surface area contributed by atoms with Crippen molar-refractivity contribution in [3.63, 3.8) is 0 Å². The van der Waals surface area contributed by atoms with E-state index in [-0.39, 0.29) is 5.69 Å². The number of hydrogen-bond donors (Lipinski definition) is 4. The fourth-order valence-electron chi connectivity index (χ4n) is 2.22. The van der Waals surface area contributed by atoms with Gasteiger partial charge in [0.15, 0.2) is 0 Å². The van der Waals surface area contributed by atoms with Gasteiger partial charge in [-0.2, -0.15) is 11.8 Å². The molecule has 4 amide bonds. The molecule has 11 heteroatoms. The van der Waals surface area contributed by atoms with Gasteiger partial charge in [-0.3, -0.25) is 25.0 Å². The van der Waals surface area contributed by atoms with Crippen LogP contribution in [-0.4, -0.2) is 45.4 Å². The molecule has 0 radical (unpaired) electrons. The number of amides is 4. The largest absolute Gasteiger partial charge is 0.352 e. The maximum absolute atomic E-state index is 13.1. The van der Waals surface area contributed by atoms with E-state index in [4.69, 9.17) is 5.73 Å². The molecule has 1 aromatic heterocycles. The molecular weight excluding hydrogens is 375 g/mol. The minimum Gasteiger partial charge on any atom is -0.352 e. The normalized spacial score (nSPS) is 11.5. The van der Waals surface area contributed by atoms with Crippen molar-refractivity contribution in [1.82, 2.24) is 25.7 Å². The van der Waals surface area contributed by atoms with Crippen LogP contribution in [0.5, 0.6) is 0 Å². The zero-order valence-corrected chi connectivity index (χ0v) is 15.3. The van der Waals surface area contributed by atoms with E-state index in [9.17, 15) is 18.8 Å². The first-order chi connectivity index (χ1) is 12.9. The van der Waals surface area contributed by atoms with Crippen LogP contribution in [0, 0.1) is 5.82 Å². The molecule has 0 fully saturated rings. The number of primary amides is 1. The van der Waals surface area contributed by atoms with Gasteiger partial charge in [0.1, 0.15) is 17.6 Å². The molecule has 0 aliphatic heterocycles. The molecule has 9 nitrogen and oxygen atoms in total. The molecule has 2 rings (SSSR count). The van der Waals surface area contributed by atoms with Gasteiger partial charge in [0, 0.05) is 5.69 Å². The number of benzene rings is 1. The highest BCUT2D eigenvalue weighted by Gasteiger charge is 2.21. The van der Waals surface area contributed by atoms with Gasteiger partial charge in [-0.1, -0.05) is 0 Å². The smallest absolute Gasteiger partial charge is 0.312 e. The lowest BCUT2D eigenvalue weighted by molar-refractivity contribution is -0.123. The topological polar surface area (TPSA) is 131 Å². The second-order valence-electron chi connectivity index (χ2n) is 5.41. The average Bonchev–Trinajstić information content (AvgIpc) is 3.13. The second kappa shape index (κ2) is 9.57. The van der Waals surface area contributed by atoms with E-state index in [1.165, 1.54) is 53.1 Å². The Labute approximate surface area is 158 Å². The summed E-state index contributed by atoms with van der Waals surface area (Å²) in [5.74, 6) is -1.03. The lowest BCUT2D eigenvalue weighted by Crippen LogP contribution is -2.53. The average molecular weight is 394 g/mol. The minimum absolute atomic E-state index is 0.130. The van der Waals surface area contributed by atoms with E-state index in [2.05, 4.69) is 21.2 Å². The fourth-order valence-corrected chi connectivity index (χ4v) is 2.69. The van der Waals surface area contributed by atoms with Crippen LogP contribution in [0.25, 0.3) is 5.69 Å². The summed E-state index contributed by atoms with van der Waals surface area (Å²) in [4.78, 5) is 39.5. The zero-order valence-electron chi connectivity index (χ0n) is 14.4. The molecular formula is C16H19FN6O3S. The summed E-state index contributed by atoms with van der Waals surface area (Å²) >= 11 is 1.50. The van der Waals surface area contributed by atoms with Crippen LogP contribution >= 0.6 is 11.8 Å². The Morgan fingerprint density at radius 3 is 2.59 bits per heavy atom. The lowest BCUT2D eigenvalue weighted by atomic mass is 10.2. The summed E-state index contributed by atoms with van der Waals surface area (Å²) in [5.41, 5.74) is 10.2. The number of carbonyl (C=O) groups is 3. The van der Waals surface area contributed by atoms with E-state index >= 15 is 0 Å². The number of rotatable bonds is 7. The number of hydrogen-bond acceptors (Lipinski definition) is 5. The van der Waals surface area contributed by atoms with Crippen molar-refractivity contribution < 1.29 is 18.8 Å². The van der Waals surface area contributed by atoms with E-state index < -0.39 is 29.7 Å². The number of aromatic nitrogens is 2. The summed E-state index contributed by atoms with van der Waals surface area (Å²) in [6, 6.07) is 3.77. The van der Waals surface area contributed by atoms with E-state index in [1.807, 2.05) is 6.26 Å². The van der Waals surface area contributed by atoms with E-state index in [1.54, 1.807) is 0 Å². The first-order valence-corrected chi connectivity index (χ1v) is 9.25. The predicted molar refractivity (Wildman–Crippen MR) is 98.6 cm³/mol. The maximum atomic E-state index is 13.1. The zero-order chi connectivity index (χ0) is 19.8. The van der Waals surface area contributed by atoms with E-state index in [0.717, 1.165) is 0 Å². The molecule has 0 unspecified atom stereocenters. The molecule has 27 heavy (non-hydrogen) atoms. The van der Waals surface area contributed by atoms with Gasteiger partial charge < -0.3 is 11.1 Å². The van der Waals surface area contributed by atoms with Gasteiger partial charge in [-0.25, -0.2) is 14.2 Å². The van der Waals surface area contributed by atoms with Crippen molar-refractivity contribution in [2.45, 2.75) is 12.5 Å². The highest BCUT2D eigenvalue weighted by Crippen LogP contribution is 2.12. The maximum Gasteiger partial charge on any atom is 0.312 e. The third kappa shape index (κ3) is 5.71. The monoisotopic (exact) mass is 394 g/mol. The molecule has 0 saturated carbocycles. The molecule has 5 N–H and O–H groups in total. The fraction of sp³-hybridized carbons (Fsp3) is 0.250. The number of nitrogens with zero attached hydrogens (tertiary/aromatic N) is 2. The molecule has 1 heterocycles. The number of urea groups is 1. The quantitative estimate of drug-likeness (QED) is 0.510. The summed E-state index contributed by atoms with van der Waals surface area (Å²) in [6.07, 6.45) is 4.90. The van der Waals surface area contributed by atoms with Crippen LogP contribution in [-0.2, 0) is 4.79 Å². The van der Waals surface area contributed by atoms with Crippen molar-refractivity contribution in [2.24, 2.45) is 5.73 Å². The molecule has 0 aliphatic carbocycles. The van der Waals surface area contributed by atoms with Gasteiger partial charge in [-0.05, 0) is 42.7 Å². The molecule has 144 valence electrons. The van der Waals surface area contributed by atoms with Crippen molar-refractivity contribution in [3.05, 3.63) is 48.3 Å². The first-order valence-electron chi connectivity index (χ1n) is 7.85. The lowest BCUT2D eigenvalue weighted by Gasteiger charge is -2.17. The first kappa shape index (κ1) is 20.2. The molecule has 1 atom stereocenters. The Hall–Kier alpha value is -3.08. The number of thioether (sulfide) groups is 1. The van der Waals surface area contributed by atoms with E-state index in [0.29, 0.717) is 17.9 Å². The SMILES string of the molecule is CSCC[C@@H](NC(N)=O)C(=O)NNC(=O)c1cncn1-c1ccc(F)cc1. The Balaban J connectivity index is 2.03. The molecule has 0 aliphatic rings. The molecule has 1 aromatic carbocycles. The number of nitrogens with two attached hydrogens (primary N) is 1. The number of carbonyl (C=O) groups excluding carboxylic acids is 3. The highest BCUT2D eigenvalue weighted by atomic mass is 32.2. The summed E-state index contributed by atoms with van der Waals surface area (Å²) in [5, 5.41) is 2.32. The third-order valence-corrected chi connectivity index (χ3v) is 4.16. The van der Waals surface area contributed by atoms with Crippen LogP contribution in [0.1, 0.15) is 16.9 Å². The van der Waals surface area contributed by atoms with Crippen LogP contribution in [0.2, 0.25) is 0 Å². The summed E-state index contributed by atoms with van der Waals surface area (Å²) in [6.45, 7) is 0. The molecule has 2 aromatic rings. The molecule has 0 spiro atoms. The number of imidazole rings is 1. The Kier molecular flexibility index (Phi) is 7.17. The Bertz CT molecular complexity index is 811. The standard InChI is InChI=1S/C16H19FN6O3S/c1-27-7-6-12(20-16(18)26)14(24)21-22-15(25)13-8-19-9-23(13)11-4-2-10(17)3-5-11/h2-5,8-9,12H,6-7H2,1H3,(H,21,24)(H,22,25)(H3,18,20,26)/t12-/m1/s1. The number of halogens is 1. The van der Waals surface area contributed by atoms with Crippen molar-refractivity contribution in [2.75, 3.05) is 12.0 Å². The van der Waals surface area contributed by atoms with Crippen LogP contribution in [0.3, 0.4) is 0 Å².